The molecule has 3 aliphatic carbocycles. The number of carbonyl (C=O) groups is 1. The molecule has 3 aliphatic rings. The lowest BCUT2D eigenvalue weighted by Gasteiger charge is -2.11. The average Bonchev–Trinajstić information content (AvgIpc) is 2.88. The highest BCUT2D eigenvalue weighted by atomic mass is 16.3. The number of hydrogen-bond donors (Lipinski definition) is 2. The summed E-state index contributed by atoms with van der Waals surface area (Å²) in [5.74, 6) is 3.45. The van der Waals surface area contributed by atoms with Gasteiger partial charge in [-0.05, 0) is 67.6 Å². The van der Waals surface area contributed by atoms with Gasteiger partial charge in [0.05, 0.1) is 6.10 Å². The molecular weight excluding hydrogens is 250 g/mol. The van der Waals surface area contributed by atoms with Crippen LogP contribution in [0.1, 0.15) is 37.9 Å². The normalized spacial score (nSPS) is 38.4. The molecule has 5 unspecified atom stereocenters. The fourth-order valence-electron chi connectivity index (χ4n) is 4.78. The minimum atomic E-state index is -0.497. The van der Waals surface area contributed by atoms with Crippen molar-refractivity contribution in [3.8, 4) is 0 Å². The zero-order valence-electron chi connectivity index (χ0n) is 11.8. The van der Waals surface area contributed by atoms with Gasteiger partial charge in [-0.25, -0.2) is 0 Å². The summed E-state index contributed by atoms with van der Waals surface area (Å²) in [6, 6.07) is 7.54. The molecule has 4 rings (SSSR count). The van der Waals surface area contributed by atoms with E-state index in [9.17, 15) is 9.90 Å². The van der Waals surface area contributed by atoms with E-state index in [4.69, 9.17) is 0 Å². The molecule has 2 bridgehead atoms. The number of benzene rings is 1. The van der Waals surface area contributed by atoms with Crippen molar-refractivity contribution in [2.45, 2.75) is 32.3 Å². The minimum absolute atomic E-state index is 0.194. The predicted octanol–water partition coefficient (Wildman–Crippen LogP) is 2.97. The Morgan fingerprint density at radius 2 is 2.00 bits per heavy atom. The molecule has 1 amide bonds. The van der Waals surface area contributed by atoms with E-state index in [0.29, 0.717) is 11.8 Å². The van der Waals surface area contributed by atoms with E-state index < -0.39 is 6.10 Å². The Bertz CT molecular complexity index is 538. The summed E-state index contributed by atoms with van der Waals surface area (Å²) < 4.78 is 0. The smallest absolute Gasteiger partial charge is 0.228 e. The van der Waals surface area contributed by atoms with Crippen molar-refractivity contribution in [1.82, 2.24) is 0 Å². The Morgan fingerprint density at radius 3 is 2.65 bits per heavy atom. The highest BCUT2D eigenvalue weighted by Gasteiger charge is 2.67. The fourth-order valence-corrected chi connectivity index (χ4v) is 4.78. The molecule has 0 aliphatic heterocycles. The van der Waals surface area contributed by atoms with Gasteiger partial charge >= 0.3 is 0 Å². The summed E-state index contributed by atoms with van der Waals surface area (Å²) in [6.07, 6.45) is 3.56. The van der Waals surface area contributed by atoms with E-state index in [0.717, 1.165) is 23.1 Å². The maximum absolute atomic E-state index is 12.4. The Kier molecular flexibility index (Phi) is 2.68. The van der Waals surface area contributed by atoms with Gasteiger partial charge in [0.2, 0.25) is 5.91 Å². The molecule has 1 aromatic rings. The SMILES string of the molecule is CC(O)c1cccc(NC(=O)C2C3C4CCC(C4)C23)c1. The Balaban J connectivity index is 1.45. The number of nitrogens with one attached hydrogen (secondary N) is 1. The largest absolute Gasteiger partial charge is 0.389 e. The molecule has 3 saturated carbocycles. The Morgan fingerprint density at radius 1 is 1.30 bits per heavy atom. The van der Waals surface area contributed by atoms with Crippen LogP contribution in [0.4, 0.5) is 5.69 Å². The second-order valence-electron chi connectivity index (χ2n) is 6.80. The van der Waals surface area contributed by atoms with Crippen LogP contribution in [-0.4, -0.2) is 11.0 Å². The molecular formula is C17H21NO2. The maximum Gasteiger partial charge on any atom is 0.228 e. The van der Waals surface area contributed by atoms with Gasteiger partial charge in [0.25, 0.3) is 0 Å². The minimum Gasteiger partial charge on any atom is -0.389 e. The van der Waals surface area contributed by atoms with Gasteiger partial charge in [-0.1, -0.05) is 12.1 Å². The summed E-state index contributed by atoms with van der Waals surface area (Å²) in [4.78, 5) is 12.4. The number of aliphatic hydroxyl groups excluding tert-OH is 1. The molecule has 2 N–H and O–H groups in total. The molecule has 1 aromatic carbocycles. The van der Waals surface area contributed by atoms with Crippen LogP contribution in [-0.2, 0) is 4.79 Å². The molecule has 20 heavy (non-hydrogen) atoms. The Hall–Kier alpha value is -1.35. The molecule has 3 heteroatoms. The van der Waals surface area contributed by atoms with E-state index in [1.54, 1.807) is 6.92 Å². The lowest BCUT2D eigenvalue weighted by molar-refractivity contribution is -0.118. The molecule has 106 valence electrons. The lowest BCUT2D eigenvalue weighted by atomic mass is 10.0. The van der Waals surface area contributed by atoms with Gasteiger partial charge in [-0.2, -0.15) is 0 Å². The van der Waals surface area contributed by atoms with Gasteiger partial charge < -0.3 is 10.4 Å². The Labute approximate surface area is 119 Å². The molecule has 0 radical (unpaired) electrons. The first-order valence-corrected chi connectivity index (χ1v) is 7.74. The number of fused-ring (bicyclic) bond motifs is 5. The van der Waals surface area contributed by atoms with Crippen molar-refractivity contribution in [3.63, 3.8) is 0 Å². The summed E-state index contributed by atoms with van der Waals surface area (Å²) in [6.45, 7) is 1.74. The topological polar surface area (TPSA) is 49.3 Å². The molecule has 0 heterocycles. The average molecular weight is 271 g/mol. The number of aliphatic hydroxyl groups is 1. The maximum atomic E-state index is 12.4. The van der Waals surface area contributed by atoms with Crippen LogP contribution in [0.25, 0.3) is 0 Å². The van der Waals surface area contributed by atoms with Crippen LogP contribution < -0.4 is 5.32 Å². The third kappa shape index (κ3) is 1.80. The van der Waals surface area contributed by atoms with E-state index in [2.05, 4.69) is 5.32 Å². The zero-order chi connectivity index (χ0) is 13.9. The standard InChI is InChI=1S/C17H21NO2/c1-9(19)10-3-2-4-13(8-10)18-17(20)16-14-11-5-6-12(7-11)15(14)16/h2-4,8-9,11-12,14-16,19H,5-7H2,1H3,(H,18,20). The molecule has 3 fully saturated rings. The van der Waals surface area contributed by atoms with E-state index in [-0.39, 0.29) is 11.8 Å². The van der Waals surface area contributed by atoms with E-state index >= 15 is 0 Å². The van der Waals surface area contributed by atoms with Crippen molar-refractivity contribution >= 4 is 11.6 Å². The highest BCUT2D eigenvalue weighted by Crippen LogP contribution is 2.69. The number of anilines is 1. The number of amides is 1. The summed E-state index contributed by atoms with van der Waals surface area (Å²) in [7, 11) is 0. The van der Waals surface area contributed by atoms with Crippen molar-refractivity contribution in [3.05, 3.63) is 29.8 Å². The van der Waals surface area contributed by atoms with Gasteiger partial charge in [-0.15, -0.1) is 0 Å². The monoisotopic (exact) mass is 271 g/mol. The van der Waals surface area contributed by atoms with Crippen molar-refractivity contribution < 1.29 is 9.90 Å². The second-order valence-corrected chi connectivity index (χ2v) is 6.80. The van der Waals surface area contributed by atoms with E-state index in [1.165, 1.54) is 19.3 Å². The van der Waals surface area contributed by atoms with Crippen LogP contribution in [0.3, 0.4) is 0 Å². The summed E-state index contributed by atoms with van der Waals surface area (Å²) >= 11 is 0. The van der Waals surface area contributed by atoms with Crippen LogP contribution in [0.15, 0.2) is 24.3 Å². The molecule has 0 saturated heterocycles. The molecule has 3 nitrogen and oxygen atoms in total. The van der Waals surface area contributed by atoms with Gasteiger partial charge in [0.15, 0.2) is 0 Å². The third-order valence-electron chi connectivity index (χ3n) is 5.67. The predicted molar refractivity (Wildman–Crippen MR) is 77.0 cm³/mol. The van der Waals surface area contributed by atoms with Crippen molar-refractivity contribution in [2.24, 2.45) is 29.6 Å². The number of rotatable bonds is 3. The number of hydrogen-bond acceptors (Lipinski definition) is 2. The van der Waals surface area contributed by atoms with Crippen LogP contribution in [0.2, 0.25) is 0 Å². The van der Waals surface area contributed by atoms with Gasteiger partial charge in [0, 0.05) is 11.6 Å². The first-order valence-electron chi connectivity index (χ1n) is 7.74. The first kappa shape index (κ1) is 12.4. The molecule has 5 atom stereocenters. The number of carbonyl (C=O) groups excluding carboxylic acids is 1. The third-order valence-corrected chi connectivity index (χ3v) is 5.67. The van der Waals surface area contributed by atoms with Gasteiger partial charge in [-0.3, -0.25) is 4.79 Å². The fraction of sp³-hybridized carbons (Fsp3) is 0.588. The van der Waals surface area contributed by atoms with Crippen LogP contribution in [0, 0.1) is 29.6 Å². The highest BCUT2D eigenvalue weighted by molar-refractivity contribution is 5.95. The first-order chi connectivity index (χ1) is 9.65. The van der Waals surface area contributed by atoms with Crippen molar-refractivity contribution in [1.29, 1.82) is 0 Å². The van der Waals surface area contributed by atoms with Gasteiger partial charge in [0.1, 0.15) is 0 Å². The summed E-state index contributed by atoms with van der Waals surface area (Å²) in [5, 5.41) is 12.6. The molecule has 0 spiro atoms. The lowest BCUT2D eigenvalue weighted by Crippen LogP contribution is -2.18. The second kappa shape index (κ2) is 4.32. The van der Waals surface area contributed by atoms with Crippen LogP contribution in [0.5, 0.6) is 0 Å². The van der Waals surface area contributed by atoms with Crippen LogP contribution >= 0.6 is 0 Å². The van der Waals surface area contributed by atoms with E-state index in [1.807, 2.05) is 24.3 Å². The molecule has 0 aromatic heterocycles. The zero-order valence-corrected chi connectivity index (χ0v) is 11.8. The van der Waals surface area contributed by atoms with Crippen molar-refractivity contribution in [2.75, 3.05) is 5.32 Å². The quantitative estimate of drug-likeness (QED) is 0.888. The summed E-state index contributed by atoms with van der Waals surface area (Å²) in [5.41, 5.74) is 1.66.